The molecule has 0 fully saturated rings. The number of fused-ring (bicyclic) bond motifs is 1. The molecule has 2 N–H and O–H groups in total. The molecular weight excluding hydrogens is 268 g/mol. The van der Waals surface area contributed by atoms with Gasteiger partial charge < -0.3 is 10.5 Å². The van der Waals surface area contributed by atoms with Gasteiger partial charge in [-0.05, 0) is 31.9 Å². The summed E-state index contributed by atoms with van der Waals surface area (Å²) in [7, 11) is 0. The fraction of sp³-hybridized carbons (Fsp3) is 0.312. The standard InChI is InChI=1S/C16H18N2O3/c1-4-12-9(2)14(16(20)21-10(3)15(17)19)11-7-5-6-8-13(11)18-12/h5-8,10H,4H2,1-3H3,(H2,17,19)/t10-/m1/s1. The monoisotopic (exact) mass is 286 g/mol. The number of pyridine rings is 1. The number of aryl methyl sites for hydroxylation is 1. The van der Waals surface area contributed by atoms with Gasteiger partial charge >= 0.3 is 5.97 Å². The molecule has 0 aliphatic heterocycles. The number of benzene rings is 1. The van der Waals surface area contributed by atoms with Gasteiger partial charge in [0.05, 0.1) is 11.1 Å². The molecule has 1 atom stereocenters. The average molecular weight is 286 g/mol. The van der Waals surface area contributed by atoms with E-state index in [0.717, 1.165) is 16.8 Å². The van der Waals surface area contributed by atoms with Gasteiger partial charge in [-0.15, -0.1) is 0 Å². The molecule has 0 bridgehead atoms. The molecular formula is C16H18N2O3. The Morgan fingerprint density at radius 1 is 1.33 bits per heavy atom. The van der Waals surface area contributed by atoms with Gasteiger partial charge in [0.15, 0.2) is 6.10 Å². The van der Waals surface area contributed by atoms with E-state index in [0.29, 0.717) is 17.4 Å². The van der Waals surface area contributed by atoms with E-state index in [1.165, 1.54) is 6.92 Å². The van der Waals surface area contributed by atoms with Crippen molar-refractivity contribution >= 4 is 22.8 Å². The lowest BCUT2D eigenvalue weighted by atomic mass is 10.0. The Kier molecular flexibility index (Phi) is 4.21. The van der Waals surface area contributed by atoms with Gasteiger partial charge in [0.2, 0.25) is 0 Å². The number of amides is 1. The number of esters is 1. The maximum Gasteiger partial charge on any atom is 0.339 e. The summed E-state index contributed by atoms with van der Waals surface area (Å²) in [6, 6.07) is 7.37. The summed E-state index contributed by atoms with van der Waals surface area (Å²) in [5.74, 6) is -1.22. The van der Waals surface area contributed by atoms with Crippen LogP contribution < -0.4 is 5.73 Å². The maximum atomic E-state index is 12.4. The van der Waals surface area contributed by atoms with Crippen LogP contribution in [0.1, 0.15) is 35.5 Å². The van der Waals surface area contributed by atoms with Crippen LogP contribution >= 0.6 is 0 Å². The molecule has 5 nitrogen and oxygen atoms in total. The van der Waals surface area contributed by atoms with Crippen LogP contribution in [-0.2, 0) is 16.0 Å². The Bertz CT molecular complexity index is 710. The molecule has 1 amide bonds. The van der Waals surface area contributed by atoms with Crippen LogP contribution in [0.15, 0.2) is 24.3 Å². The fourth-order valence-electron chi connectivity index (χ4n) is 2.24. The summed E-state index contributed by atoms with van der Waals surface area (Å²) in [5, 5.41) is 0.717. The Balaban J connectivity index is 2.58. The van der Waals surface area contributed by atoms with Crippen LogP contribution in [0.3, 0.4) is 0 Å². The molecule has 2 rings (SSSR count). The van der Waals surface area contributed by atoms with Crippen LogP contribution in [0.2, 0.25) is 0 Å². The van der Waals surface area contributed by atoms with Gasteiger partial charge in [0, 0.05) is 11.1 Å². The number of carbonyl (C=O) groups excluding carboxylic acids is 2. The van der Waals surface area contributed by atoms with E-state index < -0.39 is 18.0 Å². The van der Waals surface area contributed by atoms with Crippen molar-refractivity contribution in [2.45, 2.75) is 33.3 Å². The number of nitrogens with zero attached hydrogens (tertiary/aromatic N) is 1. The zero-order chi connectivity index (χ0) is 15.6. The van der Waals surface area contributed by atoms with E-state index in [-0.39, 0.29) is 0 Å². The van der Waals surface area contributed by atoms with Gasteiger partial charge in [0.1, 0.15) is 0 Å². The zero-order valence-electron chi connectivity index (χ0n) is 12.3. The molecule has 1 heterocycles. The first-order valence-corrected chi connectivity index (χ1v) is 6.84. The minimum atomic E-state index is -0.964. The summed E-state index contributed by atoms with van der Waals surface area (Å²) in [6.45, 7) is 5.27. The van der Waals surface area contributed by atoms with Crippen LogP contribution in [0.4, 0.5) is 0 Å². The molecule has 0 unspecified atom stereocenters. The molecule has 21 heavy (non-hydrogen) atoms. The smallest absolute Gasteiger partial charge is 0.339 e. The zero-order valence-corrected chi connectivity index (χ0v) is 12.3. The van der Waals surface area contributed by atoms with Gasteiger partial charge in [-0.3, -0.25) is 9.78 Å². The highest BCUT2D eigenvalue weighted by atomic mass is 16.5. The summed E-state index contributed by atoms with van der Waals surface area (Å²) in [6.07, 6.45) is -0.253. The van der Waals surface area contributed by atoms with E-state index in [1.807, 2.05) is 38.1 Å². The predicted molar refractivity (Wildman–Crippen MR) is 79.9 cm³/mol. The van der Waals surface area contributed by atoms with Crippen molar-refractivity contribution in [3.05, 3.63) is 41.1 Å². The van der Waals surface area contributed by atoms with Crippen molar-refractivity contribution in [3.63, 3.8) is 0 Å². The topological polar surface area (TPSA) is 82.3 Å². The van der Waals surface area contributed by atoms with Gasteiger partial charge in [0.25, 0.3) is 5.91 Å². The number of para-hydroxylation sites is 1. The van der Waals surface area contributed by atoms with Crippen molar-refractivity contribution in [1.82, 2.24) is 4.98 Å². The Morgan fingerprint density at radius 2 is 2.00 bits per heavy atom. The van der Waals surface area contributed by atoms with Crippen molar-refractivity contribution < 1.29 is 14.3 Å². The van der Waals surface area contributed by atoms with E-state index in [4.69, 9.17) is 10.5 Å². The number of rotatable bonds is 4. The lowest BCUT2D eigenvalue weighted by Gasteiger charge is -2.15. The second kappa shape index (κ2) is 5.91. The number of carbonyl (C=O) groups is 2. The van der Waals surface area contributed by atoms with E-state index in [9.17, 15) is 9.59 Å². The Labute approximate surface area is 123 Å². The number of hydrogen-bond donors (Lipinski definition) is 1. The molecule has 0 aliphatic rings. The highest BCUT2D eigenvalue weighted by Gasteiger charge is 2.22. The molecule has 0 saturated heterocycles. The van der Waals surface area contributed by atoms with E-state index >= 15 is 0 Å². The minimum Gasteiger partial charge on any atom is -0.449 e. The third-order valence-electron chi connectivity index (χ3n) is 3.46. The van der Waals surface area contributed by atoms with Crippen molar-refractivity contribution in [1.29, 1.82) is 0 Å². The van der Waals surface area contributed by atoms with Crippen LogP contribution in [0, 0.1) is 6.92 Å². The molecule has 2 aromatic rings. The largest absolute Gasteiger partial charge is 0.449 e. The quantitative estimate of drug-likeness (QED) is 0.873. The lowest BCUT2D eigenvalue weighted by molar-refractivity contribution is -0.125. The molecule has 1 aromatic carbocycles. The van der Waals surface area contributed by atoms with Gasteiger partial charge in [-0.2, -0.15) is 0 Å². The Morgan fingerprint density at radius 3 is 2.62 bits per heavy atom. The molecule has 0 aliphatic carbocycles. The third-order valence-corrected chi connectivity index (χ3v) is 3.46. The summed E-state index contributed by atoms with van der Waals surface area (Å²) in [5.41, 5.74) is 7.94. The second-order valence-electron chi connectivity index (χ2n) is 4.88. The van der Waals surface area contributed by atoms with Gasteiger partial charge in [-0.25, -0.2) is 4.79 Å². The minimum absolute atomic E-state index is 0.450. The van der Waals surface area contributed by atoms with Crippen LogP contribution in [0.25, 0.3) is 10.9 Å². The van der Waals surface area contributed by atoms with Crippen molar-refractivity contribution in [3.8, 4) is 0 Å². The normalized spacial score (nSPS) is 12.1. The first kappa shape index (κ1) is 15.0. The van der Waals surface area contributed by atoms with Gasteiger partial charge in [-0.1, -0.05) is 25.1 Å². The number of hydrogen-bond acceptors (Lipinski definition) is 4. The summed E-state index contributed by atoms with van der Waals surface area (Å²) >= 11 is 0. The maximum absolute atomic E-state index is 12.4. The lowest BCUT2D eigenvalue weighted by Crippen LogP contribution is -2.30. The van der Waals surface area contributed by atoms with Crippen molar-refractivity contribution in [2.24, 2.45) is 5.73 Å². The highest BCUT2D eigenvalue weighted by molar-refractivity contribution is 6.05. The SMILES string of the molecule is CCc1nc2ccccc2c(C(=O)O[C@H](C)C(N)=O)c1C. The fourth-order valence-corrected chi connectivity index (χ4v) is 2.24. The molecule has 1 aromatic heterocycles. The summed E-state index contributed by atoms with van der Waals surface area (Å²) in [4.78, 5) is 28.0. The molecule has 5 heteroatoms. The second-order valence-corrected chi connectivity index (χ2v) is 4.88. The highest BCUT2D eigenvalue weighted by Crippen LogP contribution is 2.24. The van der Waals surface area contributed by atoms with E-state index in [1.54, 1.807) is 0 Å². The molecule has 0 saturated carbocycles. The number of aromatic nitrogens is 1. The van der Waals surface area contributed by atoms with E-state index in [2.05, 4.69) is 4.98 Å². The first-order valence-electron chi connectivity index (χ1n) is 6.84. The summed E-state index contributed by atoms with van der Waals surface area (Å²) < 4.78 is 5.15. The van der Waals surface area contributed by atoms with Crippen LogP contribution in [-0.4, -0.2) is 23.0 Å². The predicted octanol–water partition coefficient (Wildman–Crippen LogP) is 2.14. The van der Waals surface area contributed by atoms with Crippen LogP contribution in [0.5, 0.6) is 0 Å². The third kappa shape index (κ3) is 2.86. The first-order chi connectivity index (χ1) is 9.95. The number of ether oxygens (including phenoxy) is 1. The molecule has 0 spiro atoms. The molecule has 110 valence electrons. The van der Waals surface area contributed by atoms with Crippen molar-refractivity contribution in [2.75, 3.05) is 0 Å². The average Bonchev–Trinajstić information content (AvgIpc) is 2.46. The number of primary amides is 1. The Hall–Kier alpha value is -2.43. The number of nitrogens with two attached hydrogens (primary N) is 1. The molecule has 0 radical (unpaired) electrons.